The Balaban J connectivity index is 1.23. The van der Waals surface area contributed by atoms with E-state index < -0.39 is 0 Å². The van der Waals surface area contributed by atoms with Crippen LogP contribution in [0.4, 0.5) is 4.79 Å². The molecule has 12 nitrogen and oxygen atoms in total. The number of amides is 1. The third-order valence-corrected chi connectivity index (χ3v) is 7.27. The summed E-state index contributed by atoms with van der Waals surface area (Å²) in [5.74, 6) is 2.32. The number of H-pyrrole nitrogens is 1. The van der Waals surface area contributed by atoms with Crippen molar-refractivity contribution in [1.29, 1.82) is 0 Å². The predicted octanol–water partition coefficient (Wildman–Crippen LogP) is 3.17. The number of aromatic amines is 1. The second kappa shape index (κ2) is 10.6. The topological polar surface area (TPSA) is 137 Å². The first-order valence-electron chi connectivity index (χ1n) is 12.6. The normalized spacial score (nSPS) is 20.1. The molecule has 0 spiro atoms. The molecule has 2 fully saturated rings. The lowest BCUT2D eigenvalue weighted by Gasteiger charge is -2.29. The minimum atomic E-state index is -0.339. The number of aromatic nitrogens is 8. The Morgan fingerprint density at radius 2 is 2.03 bits per heavy atom. The number of carbonyl (C=O) groups is 1. The first-order valence-corrected chi connectivity index (χ1v) is 12.6. The smallest absolute Gasteiger partial charge is 0.409 e. The Bertz CT molecular complexity index is 1180. The van der Waals surface area contributed by atoms with E-state index in [1.807, 2.05) is 19.1 Å². The van der Waals surface area contributed by atoms with Gasteiger partial charge in [0.2, 0.25) is 0 Å². The van der Waals surface area contributed by atoms with Crippen LogP contribution in [0.25, 0.3) is 11.4 Å². The predicted molar refractivity (Wildman–Crippen MR) is 129 cm³/mol. The number of aryl methyl sites for hydroxylation is 2. The summed E-state index contributed by atoms with van der Waals surface area (Å²) in [6.45, 7) is 2.73. The van der Waals surface area contributed by atoms with E-state index in [0.717, 1.165) is 49.5 Å². The van der Waals surface area contributed by atoms with Crippen molar-refractivity contribution in [3.8, 4) is 17.1 Å². The van der Waals surface area contributed by atoms with Gasteiger partial charge in [0.15, 0.2) is 5.82 Å². The maximum absolute atomic E-state index is 12.5. The number of ether oxygens (including phenoxy) is 2. The average Bonchev–Trinajstić information content (AvgIpc) is 3.51. The molecule has 2 aliphatic rings. The highest BCUT2D eigenvalue weighted by atomic mass is 16.6. The molecule has 0 unspecified atom stereocenters. The summed E-state index contributed by atoms with van der Waals surface area (Å²) in [6.07, 6.45) is 7.23. The molecule has 12 heteroatoms. The summed E-state index contributed by atoms with van der Waals surface area (Å²) < 4.78 is 13.5. The van der Waals surface area contributed by atoms with Crippen LogP contribution >= 0.6 is 0 Å². The molecule has 0 saturated heterocycles. The SMILES string of the molecule is Cc1nc(-c2nnn(C)c2COC(=O)N(C)CC2CCC2)ccc1O[C@H]1CCC[C@H](c2nn[nH]n2)C1. The molecule has 0 aliphatic heterocycles. The lowest BCUT2D eigenvalue weighted by Crippen LogP contribution is -2.34. The molecule has 3 aromatic rings. The molecule has 3 heterocycles. The molecule has 1 N–H and O–H groups in total. The van der Waals surface area contributed by atoms with Gasteiger partial charge in [0.05, 0.1) is 17.5 Å². The fraction of sp³-hybridized carbons (Fsp3) is 0.625. The van der Waals surface area contributed by atoms with Gasteiger partial charge in [-0.1, -0.05) is 16.8 Å². The maximum Gasteiger partial charge on any atom is 0.409 e. The van der Waals surface area contributed by atoms with Crippen molar-refractivity contribution >= 4 is 6.09 Å². The van der Waals surface area contributed by atoms with E-state index in [1.54, 1.807) is 23.7 Å². The highest BCUT2D eigenvalue weighted by Crippen LogP contribution is 2.34. The molecule has 1 amide bonds. The van der Waals surface area contributed by atoms with Crippen LogP contribution in [0.15, 0.2) is 12.1 Å². The van der Waals surface area contributed by atoms with Crippen LogP contribution in [0.3, 0.4) is 0 Å². The monoisotopic (exact) mass is 495 g/mol. The van der Waals surface area contributed by atoms with Gasteiger partial charge < -0.3 is 14.4 Å². The number of nitrogens with one attached hydrogen (secondary N) is 1. The molecule has 3 aromatic heterocycles. The van der Waals surface area contributed by atoms with Crippen LogP contribution in [0.2, 0.25) is 0 Å². The molecule has 36 heavy (non-hydrogen) atoms. The number of hydrogen-bond acceptors (Lipinski definition) is 9. The fourth-order valence-electron chi connectivity index (χ4n) is 4.93. The summed E-state index contributed by atoms with van der Waals surface area (Å²) in [5.41, 5.74) is 2.71. The molecule has 0 bridgehead atoms. The van der Waals surface area contributed by atoms with Crippen molar-refractivity contribution in [1.82, 2.24) is 45.5 Å². The van der Waals surface area contributed by atoms with Crippen molar-refractivity contribution in [2.75, 3.05) is 13.6 Å². The van der Waals surface area contributed by atoms with Gasteiger partial charge in [-0.3, -0.25) is 0 Å². The van der Waals surface area contributed by atoms with Crippen molar-refractivity contribution in [3.05, 3.63) is 29.3 Å². The van der Waals surface area contributed by atoms with E-state index in [0.29, 0.717) is 23.0 Å². The molecule has 0 aromatic carbocycles. The molecule has 192 valence electrons. The highest BCUT2D eigenvalue weighted by molar-refractivity contribution is 5.67. The molecular formula is C24H33N9O3. The molecule has 2 saturated carbocycles. The van der Waals surface area contributed by atoms with Crippen molar-refractivity contribution in [2.24, 2.45) is 13.0 Å². The second-order valence-corrected chi connectivity index (χ2v) is 9.89. The molecule has 2 atom stereocenters. The summed E-state index contributed by atoms with van der Waals surface area (Å²) in [7, 11) is 3.56. The zero-order valence-corrected chi connectivity index (χ0v) is 21.1. The third kappa shape index (κ3) is 5.31. The second-order valence-electron chi connectivity index (χ2n) is 9.89. The van der Waals surface area contributed by atoms with Crippen LogP contribution in [0.5, 0.6) is 5.75 Å². The Hall–Kier alpha value is -3.57. The zero-order chi connectivity index (χ0) is 25.1. The summed E-state index contributed by atoms with van der Waals surface area (Å²) >= 11 is 0. The minimum absolute atomic E-state index is 0.0667. The molecule has 5 rings (SSSR count). The van der Waals surface area contributed by atoms with Gasteiger partial charge in [0.1, 0.15) is 23.7 Å². The lowest BCUT2D eigenvalue weighted by molar-refractivity contribution is 0.0913. The molecular weight excluding hydrogens is 462 g/mol. The summed E-state index contributed by atoms with van der Waals surface area (Å²) in [5, 5.41) is 22.9. The number of tetrazole rings is 1. The van der Waals surface area contributed by atoms with Gasteiger partial charge in [-0.25, -0.2) is 14.5 Å². The zero-order valence-electron chi connectivity index (χ0n) is 21.1. The van der Waals surface area contributed by atoms with Gasteiger partial charge in [-0.05, 0) is 63.5 Å². The number of hydrogen-bond donors (Lipinski definition) is 1. The van der Waals surface area contributed by atoms with E-state index in [9.17, 15) is 4.79 Å². The van der Waals surface area contributed by atoms with Gasteiger partial charge in [0.25, 0.3) is 0 Å². The number of nitrogens with zero attached hydrogens (tertiary/aromatic N) is 8. The van der Waals surface area contributed by atoms with E-state index in [4.69, 9.17) is 14.5 Å². The quantitative estimate of drug-likeness (QED) is 0.499. The van der Waals surface area contributed by atoms with Crippen LogP contribution in [-0.4, -0.2) is 71.3 Å². The van der Waals surface area contributed by atoms with E-state index in [1.165, 1.54) is 19.3 Å². The summed E-state index contributed by atoms with van der Waals surface area (Å²) in [4.78, 5) is 18.9. The lowest BCUT2D eigenvalue weighted by atomic mass is 9.85. The maximum atomic E-state index is 12.5. The van der Waals surface area contributed by atoms with Crippen LogP contribution in [0.1, 0.15) is 68.1 Å². The number of pyridine rings is 1. The summed E-state index contributed by atoms with van der Waals surface area (Å²) in [6, 6.07) is 3.80. The first kappa shape index (κ1) is 24.1. The van der Waals surface area contributed by atoms with Crippen molar-refractivity contribution in [3.63, 3.8) is 0 Å². The number of rotatable bonds is 8. The van der Waals surface area contributed by atoms with E-state index in [2.05, 4.69) is 30.9 Å². The Labute approximate surface area is 209 Å². The van der Waals surface area contributed by atoms with Gasteiger partial charge in [-0.15, -0.1) is 15.3 Å². The Kier molecular flexibility index (Phi) is 7.10. The average molecular weight is 496 g/mol. The Morgan fingerprint density at radius 1 is 1.19 bits per heavy atom. The van der Waals surface area contributed by atoms with Gasteiger partial charge in [0, 0.05) is 26.6 Å². The van der Waals surface area contributed by atoms with E-state index in [-0.39, 0.29) is 24.7 Å². The Morgan fingerprint density at radius 3 is 2.75 bits per heavy atom. The van der Waals surface area contributed by atoms with Gasteiger partial charge >= 0.3 is 6.09 Å². The number of carbonyl (C=O) groups excluding carboxylic acids is 1. The van der Waals surface area contributed by atoms with Gasteiger partial charge in [-0.2, -0.15) is 5.21 Å². The van der Waals surface area contributed by atoms with Crippen molar-refractivity contribution < 1.29 is 14.3 Å². The highest BCUT2D eigenvalue weighted by Gasteiger charge is 2.28. The van der Waals surface area contributed by atoms with Crippen LogP contribution in [-0.2, 0) is 18.4 Å². The third-order valence-electron chi connectivity index (χ3n) is 7.27. The molecule has 0 radical (unpaired) electrons. The molecule has 2 aliphatic carbocycles. The fourth-order valence-corrected chi connectivity index (χ4v) is 4.93. The van der Waals surface area contributed by atoms with Crippen molar-refractivity contribution in [2.45, 2.75) is 70.5 Å². The first-order chi connectivity index (χ1) is 17.5. The minimum Gasteiger partial charge on any atom is -0.489 e. The van der Waals surface area contributed by atoms with E-state index >= 15 is 0 Å². The standard InChI is InChI=1S/C24H33N9O3/c1-15-21(36-18-9-5-8-17(12-18)23-27-29-30-28-23)11-10-19(25-15)22-20(33(3)31-26-22)14-35-24(34)32(2)13-16-6-4-7-16/h10-11,16-18H,4-9,12-14H2,1-3H3,(H,27,28,29,30)/t17-,18-/m0/s1. The van der Waals surface area contributed by atoms with Crippen LogP contribution in [0, 0.1) is 12.8 Å². The largest absolute Gasteiger partial charge is 0.489 e. The van der Waals surface area contributed by atoms with Crippen LogP contribution < -0.4 is 4.74 Å².